The van der Waals surface area contributed by atoms with E-state index in [1.165, 1.54) is 4.68 Å². The van der Waals surface area contributed by atoms with Crippen molar-refractivity contribution >= 4 is 5.97 Å². The summed E-state index contributed by atoms with van der Waals surface area (Å²) >= 11 is 0. The van der Waals surface area contributed by atoms with Crippen LogP contribution in [0.3, 0.4) is 0 Å². The molecule has 1 aromatic heterocycles. The maximum atomic E-state index is 10.7. The third kappa shape index (κ3) is 2.30. The van der Waals surface area contributed by atoms with Gasteiger partial charge in [0.2, 0.25) is 0 Å². The molecule has 0 atom stereocenters. The molecule has 1 N–H and O–H groups in total. The van der Waals surface area contributed by atoms with Crippen LogP contribution in [0.2, 0.25) is 0 Å². The van der Waals surface area contributed by atoms with Crippen molar-refractivity contribution in [2.45, 2.75) is 19.9 Å². The molecule has 0 aliphatic rings. The van der Waals surface area contributed by atoms with Gasteiger partial charge >= 0.3 is 5.97 Å². The van der Waals surface area contributed by atoms with Crippen LogP contribution in [-0.2, 0) is 17.8 Å². The van der Waals surface area contributed by atoms with Gasteiger partial charge in [-0.15, -0.1) is 5.10 Å². The number of rotatable bonds is 4. The number of benzene rings is 1. The van der Waals surface area contributed by atoms with Crippen LogP contribution in [0.5, 0.6) is 0 Å². The maximum Gasteiger partial charge on any atom is 0.325 e. The minimum Gasteiger partial charge on any atom is -0.480 e. The molecule has 0 aliphatic heterocycles. The van der Waals surface area contributed by atoms with Crippen molar-refractivity contribution in [2.24, 2.45) is 0 Å². The second-order valence-corrected chi connectivity index (χ2v) is 3.56. The van der Waals surface area contributed by atoms with Gasteiger partial charge in [0.05, 0.1) is 0 Å². The molecule has 0 saturated carbocycles. The second kappa shape index (κ2) is 4.73. The number of tetrazole rings is 1. The Morgan fingerprint density at radius 1 is 1.41 bits per heavy atom. The molecule has 0 aliphatic carbocycles. The third-order valence-electron chi connectivity index (χ3n) is 2.46. The molecule has 1 aromatic carbocycles. The van der Waals surface area contributed by atoms with Gasteiger partial charge in [0.25, 0.3) is 0 Å². The predicted molar refractivity (Wildman–Crippen MR) is 60.3 cm³/mol. The monoisotopic (exact) mass is 232 g/mol. The smallest absolute Gasteiger partial charge is 0.325 e. The maximum absolute atomic E-state index is 10.7. The Labute approximate surface area is 97.9 Å². The molecule has 1 heterocycles. The van der Waals surface area contributed by atoms with Gasteiger partial charge in [-0.05, 0) is 22.4 Å². The van der Waals surface area contributed by atoms with Crippen LogP contribution in [-0.4, -0.2) is 31.3 Å². The van der Waals surface area contributed by atoms with Crippen LogP contribution in [0.15, 0.2) is 24.3 Å². The lowest BCUT2D eigenvalue weighted by molar-refractivity contribution is -0.137. The molecule has 0 spiro atoms. The van der Waals surface area contributed by atoms with Crippen molar-refractivity contribution in [2.75, 3.05) is 0 Å². The zero-order valence-electron chi connectivity index (χ0n) is 9.37. The zero-order valence-corrected chi connectivity index (χ0v) is 9.37. The first kappa shape index (κ1) is 11.3. The first-order valence-corrected chi connectivity index (χ1v) is 5.28. The minimum absolute atomic E-state index is 0.236. The molecule has 6 heteroatoms. The minimum atomic E-state index is -0.965. The molecular formula is C11H12N4O2. The number of hydrogen-bond donors (Lipinski definition) is 1. The fourth-order valence-corrected chi connectivity index (χ4v) is 1.68. The molecule has 17 heavy (non-hydrogen) atoms. The van der Waals surface area contributed by atoms with Crippen LogP contribution >= 0.6 is 0 Å². The van der Waals surface area contributed by atoms with Gasteiger partial charge < -0.3 is 5.11 Å². The van der Waals surface area contributed by atoms with Crippen LogP contribution < -0.4 is 0 Å². The summed E-state index contributed by atoms with van der Waals surface area (Å²) in [6.07, 6.45) is 0.843. The Morgan fingerprint density at radius 2 is 2.18 bits per heavy atom. The second-order valence-electron chi connectivity index (χ2n) is 3.56. The first-order chi connectivity index (χ1) is 8.22. The van der Waals surface area contributed by atoms with E-state index in [1.807, 2.05) is 31.2 Å². The Balaban J connectivity index is 2.46. The van der Waals surface area contributed by atoms with E-state index < -0.39 is 5.97 Å². The number of aliphatic carboxylic acids is 1. The van der Waals surface area contributed by atoms with E-state index in [0.717, 1.165) is 17.5 Å². The van der Waals surface area contributed by atoms with Gasteiger partial charge in [-0.25, -0.2) is 4.68 Å². The van der Waals surface area contributed by atoms with Gasteiger partial charge in [-0.3, -0.25) is 4.79 Å². The van der Waals surface area contributed by atoms with E-state index in [1.54, 1.807) is 0 Å². The van der Waals surface area contributed by atoms with Crippen molar-refractivity contribution in [3.8, 4) is 11.4 Å². The lowest BCUT2D eigenvalue weighted by atomic mass is 10.1. The standard InChI is InChI=1S/C11H12N4O2/c1-2-8-5-3-4-6-9(8)11-12-13-14-15(11)7-10(16)17/h3-6H,2,7H2,1H3,(H,16,17). The number of aryl methyl sites for hydroxylation is 1. The Bertz CT molecular complexity index is 536. The van der Waals surface area contributed by atoms with E-state index >= 15 is 0 Å². The first-order valence-electron chi connectivity index (χ1n) is 5.28. The van der Waals surface area contributed by atoms with Crippen molar-refractivity contribution in [1.82, 2.24) is 20.2 Å². The fraction of sp³-hybridized carbons (Fsp3) is 0.273. The molecule has 2 rings (SSSR count). The summed E-state index contributed by atoms with van der Waals surface area (Å²) in [5, 5.41) is 19.9. The number of carbonyl (C=O) groups is 1. The lowest BCUT2D eigenvalue weighted by Crippen LogP contribution is -2.12. The number of aromatic nitrogens is 4. The summed E-state index contributed by atoms with van der Waals surface area (Å²) in [7, 11) is 0. The summed E-state index contributed by atoms with van der Waals surface area (Å²) in [6.45, 7) is 1.80. The summed E-state index contributed by atoms with van der Waals surface area (Å²) < 4.78 is 1.29. The predicted octanol–water partition coefficient (Wildman–Crippen LogP) is 0.987. The average Bonchev–Trinajstić information content (AvgIpc) is 2.76. The molecule has 6 nitrogen and oxygen atoms in total. The van der Waals surface area contributed by atoms with Gasteiger partial charge in [-0.1, -0.05) is 31.2 Å². The molecule has 0 amide bonds. The summed E-state index contributed by atoms with van der Waals surface area (Å²) in [5.74, 6) is -0.475. The van der Waals surface area contributed by atoms with Gasteiger partial charge in [0.1, 0.15) is 6.54 Å². The third-order valence-corrected chi connectivity index (χ3v) is 2.46. The van der Waals surface area contributed by atoms with Gasteiger partial charge in [-0.2, -0.15) is 0 Å². The highest BCUT2D eigenvalue weighted by atomic mass is 16.4. The molecule has 88 valence electrons. The van der Waals surface area contributed by atoms with Crippen LogP contribution in [0.25, 0.3) is 11.4 Å². The van der Waals surface area contributed by atoms with E-state index in [0.29, 0.717) is 5.82 Å². The Hall–Kier alpha value is -2.24. The molecule has 0 radical (unpaired) electrons. The zero-order chi connectivity index (χ0) is 12.3. The topological polar surface area (TPSA) is 80.9 Å². The highest BCUT2D eigenvalue weighted by Gasteiger charge is 2.13. The average molecular weight is 232 g/mol. The fourth-order valence-electron chi connectivity index (χ4n) is 1.68. The highest BCUT2D eigenvalue weighted by molar-refractivity contribution is 5.68. The van der Waals surface area contributed by atoms with E-state index in [9.17, 15) is 4.79 Å². The molecular weight excluding hydrogens is 220 g/mol. The van der Waals surface area contributed by atoms with E-state index in [-0.39, 0.29) is 6.54 Å². The molecule has 0 bridgehead atoms. The van der Waals surface area contributed by atoms with Crippen molar-refractivity contribution < 1.29 is 9.90 Å². The number of hydrogen-bond acceptors (Lipinski definition) is 4. The van der Waals surface area contributed by atoms with E-state index in [4.69, 9.17) is 5.11 Å². The molecule has 0 unspecified atom stereocenters. The van der Waals surface area contributed by atoms with Crippen LogP contribution in [0.4, 0.5) is 0 Å². The number of nitrogens with zero attached hydrogens (tertiary/aromatic N) is 4. The number of carboxylic acids is 1. The van der Waals surface area contributed by atoms with Crippen molar-refractivity contribution in [3.63, 3.8) is 0 Å². The Kier molecular flexibility index (Phi) is 3.13. The van der Waals surface area contributed by atoms with Gasteiger partial charge in [0.15, 0.2) is 5.82 Å². The van der Waals surface area contributed by atoms with Crippen molar-refractivity contribution in [1.29, 1.82) is 0 Å². The summed E-state index contributed by atoms with van der Waals surface area (Å²) in [6, 6.07) is 7.69. The normalized spacial score (nSPS) is 10.4. The van der Waals surface area contributed by atoms with Crippen molar-refractivity contribution in [3.05, 3.63) is 29.8 Å². The number of carboxylic acid groups (broad SMARTS) is 1. The molecule has 0 fully saturated rings. The quantitative estimate of drug-likeness (QED) is 0.850. The van der Waals surface area contributed by atoms with Crippen LogP contribution in [0.1, 0.15) is 12.5 Å². The summed E-state index contributed by atoms with van der Waals surface area (Å²) in [5.41, 5.74) is 1.97. The molecule has 0 saturated heterocycles. The highest BCUT2D eigenvalue weighted by Crippen LogP contribution is 2.21. The van der Waals surface area contributed by atoms with E-state index in [2.05, 4.69) is 15.5 Å². The van der Waals surface area contributed by atoms with Gasteiger partial charge in [0, 0.05) is 5.56 Å². The summed E-state index contributed by atoms with van der Waals surface area (Å²) in [4.78, 5) is 10.7. The Morgan fingerprint density at radius 3 is 2.88 bits per heavy atom. The van der Waals surface area contributed by atoms with Crippen LogP contribution in [0, 0.1) is 0 Å². The largest absolute Gasteiger partial charge is 0.480 e. The SMILES string of the molecule is CCc1ccccc1-c1nnnn1CC(=O)O. The molecule has 2 aromatic rings. The lowest BCUT2D eigenvalue weighted by Gasteiger charge is -2.06.